The van der Waals surface area contributed by atoms with Crippen LogP contribution < -0.4 is 0 Å². The molecule has 3 heterocycles. The number of rotatable bonds is 6. The van der Waals surface area contributed by atoms with Gasteiger partial charge in [0.15, 0.2) is 0 Å². The van der Waals surface area contributed by atoms with E-state index in [2.05, 4.69) is 0 Å². The van der Waals surface area contributed by atoms with E-state index in [-0.39, 0.29) is 16.9 Å². The third-order valence-electron chi connectivity index (χ3n) is 5.47. The second-order valence-corrected chi connectivity index (χ2v) is 11.5. The van der Waals surface area contributed by atoms with Crippen LogP contribution in [0.1, 0.15) is 28.1 Å². The third kappa shape index (κ3) is 4.91. The summed E-state index contributed by atoms with van der Waals surface area (Å²) in [5.41, 5.74) is 1.14. The Balaban J connectivity index is 1.36. The second-order valence-electron chi connectivity index (χ2n) is 7.42. The fraction of sp³-hybridized carbons (Fsp3) is 0.476. The molecule has 2 saturated heterocycles. The SMILES string of the molecule is O=C(c1sccc1S(=O)(=O)N1CCSCC1)N1CCC(OCc2ccccc2)CC1. The van der Waals surface area contributed by atoms with Crippen molar-refractivity contribution < 1.29 is 17.9 Å². The molecular weight excluding hydrogens is 440 g/mol. The summed E-state index contributed by atoms with van der Waals surface area (Å²) in [4.78, 5) is 15.4. The lowest BCUT2D eigenvalue weighted by Gasteiger charge is -2.32. The summed E-state index contributed by atoms with van der Waals surface area (Å²) in [6.45, 7) is 2.73. The van der Waals surface area contributed by atoms with Gasteiger partial charge in [-0.1, -0.05) is 30.3 Å². The highest BCUT2D eigenvalue weighted by Crippen LogP contribution is 2.29. The Kier molecular flexibility index (Phi) is 7.15. The van der Waals surface area contributed by atoms with Gasteiger partial charge >= 0.3 is 0 Å². The number of amides is 1. The molecule has 2 fully saturated rings. The molecule has 162 valence electrons. The highest BCUT2D eigenvalue weighted by molar-refractivity contribution is 7.99. The predicted molar refractivity (Wildman–Crippen MR) is 121 cm³/mol. The number of thiophene rings is 1. The number of sulfonamides is 1. The quantitative estimate of drug-likeness (QED) is 0.654. The van der Waals surface area contributed by atoms with Crippen LogP contribution in [0.5, 0.6) is 0 Å². The van der Waals surface area contributed by atoms with Gasteiger partial charge in [-0.25, -0.2) is 8.42 Å². The van der Waals surface area contributed by atoms with Crippen LogP contribution in [0, 0.1) is 0 Å². The van der Waals surface area contributed by atoms with Gasteiger partial charge in [0.1, 0.15) is 9.77 Å². The summed E-state index contributed by atoms with van der Waals surface area (Å²) in [7, 11) is -3.62. The lowest BCUT2D eigenvalue weighted by atomic mass is 10.1. The highest BCUT2D eigenvalue weighted by Gasteiger charge is 2.33. The fourth-order valence-electron chi connectivity index (χ4n) is 3.74. The van der Waals surface area contributed by atoms with Gasteiger partial charge in [-0.15, -0.1) is 11.3 Å². The maximum Gasteiger partial charge on any atom is 0.265 e. The average Bonchev–Trinajstić information content (AvgIpc) is 3.30. The summed E-state index contributed by atoms with van der Waals surface area (Å²) in [6.07, 6.45) is 1.64. The van der Waals surface area contributed by atoms with E-state index in [1.807, 2.05) is 30.3 Å². The normalized spacial score (nSPS) is 19.1. The van der Waals surface area contributed by atoms with Crippen molar-refractivity contribution in [1.82, 2.24) is 9.21 Å². The number of ether oxygens (including phenoxy) is 1. The van der Waals surface area contributed by atoms with Crippen LogP contribution >= 0.6 is 23.1 Å². The van der Waals surface area contributed by atoms with Crippen molar-refractivity contribution in [2.75, 3.05) is 37.7 Å². The zero-order valence-electron chi connectivity index (χ0n) is 16.7. The zero-order valence-corrected chi connectivity index (χ0v) is 19.2. The van der Waals surface area contributed by atoms with Gasteiger partial charge in [0.2, 0.25) is 10.0 Å². The Morgan fingerprint density at radius 3 is 2.43 bits per heavy atom. The van der Waals surface area contributed by atoms with E-state index in [1.54, 1.807) is 28.1 Å². The molecule has 4 rings (SSSR count). The molecule has 0 spiro atoms. The first-order chi connectivity index (χ1) is 14.6. The number of nitrogens with zero attached hydrogens (tertiary/aromatic N) is 2. The molecule has 2 aliphatic rings. The van der Waals surface area contributed by atoms with Gasteiger partial charge < -0.3 is 9.64 Å². The van der Waals surface area contributed by atoms with Crippen molar-refractivity contribution in [2.45, 2.75) is 30.4 Å². The lowest BCUT2D eigenvalue weighted by molar-refractivity contribution is -0.000350. The number of thioether (sulfide) groups is 1. The number of likely N-dealkylation sites (tertiary alicyclic amines) is 1. The topological polar surface area (TPSA) is 66.9 Å². The largest absolute Gasteiger partial charge is 0.373 e. The minimum absolute atomic E-state index is 0.117. The standard InChI is InChI=1S/C21H26N2O4S3/c24-21(20-19(8-13-29-20)30(25,26)23-11-14-28-15-12-23)22-9-6-18(7-10-22)27-16-17-4-2-1-3-5-17/h1-5,8,13,18H,6-7,9-12,14-16H2. The molecule has 0 bridgehead atoms. The highest BCUT2D eigenvalue weighted by atomic mass is 32.2. The van der Waals surface area contributed by atoms with Crippen LogP contribution in [-0.2, 0) is 21.4 Å². The van der Waals surface area contributed by atoms with Crippen LogP contribution in [-0.4, -0.2) is 67.3 Å². The zero-order chi connectivity index (χ0) is 21.0. The monoisotopic (exact) mass is 466 g/mol. The van der Waals surface area contributed by atoms with E-state index >= 15 is 0 Å². The van der Waals surface area contributed by atoms with Crippen molar-refractivity contribution in [1.29, 1.82) is 0 Å². The molecule has 9 heteroatoms. The Morgan fingerprint density at radius 2 is 1.73 bits per heavy atom. The molecular formula is C21H26N2O4S3. The smallest absolute Gasteiger partial charge is 0.265 e. The summed E-state index contributed by atoms with van der Waals surface area (Å²) in [5, 5.41) is 1.70. The molecule has 0 unspecified atom stereocenters. The molecule has 2 aliphatic heterocycles. The van der Waals surface area contributed by atoms with Gasteiger partial charge in [0, 0.05) is 37.7 Å². The first-order valence-electron chi connectivity index (χ1n) is 10.2. The van der Waals surface area contributed by atoms with Crippen molar-refractivity contribution >= 4 is 39.0 Å². The van der Waals surface area contributed by atoms with Crippen LogP contribution in [0.3, 0.4) is 0 Å². The molecule has 0 radical (unpaired) electrons. The van der Waals surface area contributed by atoms with Gasteiger partial charge in [-0.2, -0.15) is 16.1 Å². The van der Waals surface area contributed by atoms with E-state index in [9.17, 15) is 13.2 Å². The van der Waals surface area contributed by atoms with Crippen LogP contribution in [0.2, 0.25) is 0 Å². The second kappa shape index (κ2) is 9.82. The molecule has 6 nitrogen and oxygen atoms in total. The van der Waals surface area contributed by atoms with Gasteiger partial charge in [-0.05, 0) is 29.9 Å². The number of piperidine rings is 1. The minimum atomic E-state index is -3.62. The number of carbonyl (C=O) groups is 1. The van der Waals surface area contributed by atoms with Gasteiger partial charge in [0.05, 0.1) is 12.7 Å². The summed E-state index contributed by atoms with van der Waals surface area (Å²) in [5.74, 6) is 1.41. The molecule has 0 N–H and O–H groups in total. The van der Waals surface area contributed by atoms with E-state index in [1.165, 1.54) is 15.6 Å². The van der Waals surface area contributed by atoms with Crippen molar-refractivity contribution in [3.05, 3.63) is 52.2 Å². The van der Waals surface area contributed by atoms with Crippen LogP contribution in [0.25, 0.3) is 0 Å². The fourth-order valence-corrected chi connectivity index (χ4v) is 7.68. The number of hydrogen-bond donors (Lipinski definition) is 0. The molecule has 1 aromatic heterocycles. The number of hydrogen-bond acceptors (Lipinski definition) is 6. The average molecular weight is 467 g/mol. The van der Waals surface area contributed by atoms with Crippen molar-refractivity contribution in [3.8, 4) is 0 Å². The Bertz CT molecular complexity index is 948. The molecule has 30 heavy (non-hydrogen) atoms. The van der Waals surface area contributed by atoms with Crippen molar-refractivity contribution in [2.24, 2.45) is 0 Å². The number of carbonyl (C=O) groups excluding carboxylic acids is 1. The Labute approximate surface area is 186 Å². The Hall–Kier alpha value is -1.39. The summed E-state index contributed by atoms with van der Waals surface area (Å²) >= 11 is 2.97. The van der Waals surface area contributed by atoms with E-state index in [4.69, 9.17) is 4.74 Å². The molecule has 2 aromatic rings. The molecule has 0 aliphatic carbocycles. The maximum absolute atomic E-state index is 13.1. The molecule has 0 saturated carbocycles. The van der Waals surface area contributed by atoms with Crippen LogP contribution in [0.15, 0.2) is 46.7 Å². The third-order valence-corrected chi connectivity index (χ3v) is 9.38. The van der Waals surface area contributed by atoms with Crippen molar-refractivity contribution in [3.63, 3.8) is 0 Å². The van der Waals surface area contributed by atoms with E-state index < -0.39 is 10.0 Å². The van der Waals surface area contributed by atoms with E-state index in [0.717, 1.165) is 29.9 Å². The van der Waals surface area contributed by atoms with Crippen LogP contribution in [0.4, 0.5) is 0 Å². The van der Waals surface area contributed by atoms with Gasteiger partial charge in [-0.3, -0.25) is 4.79 Å². The first kappa shape index (κ1) is 21.8. The number of benzene rings is 1. The lowest BCUT2D eigenvalue weighted by Crippen LogP contribution is -2.42. The summed E-state index contributed by atoms with van der Waals surface area (Å²) in [6, 6.07) is 11.6. The first-order valence-corrected chi connectivity index (χ1v) is 13.6. The van der Waals surface area contributed by atoms with E-state index in [0.29, 0.717) is 37.7 Å². The van der Waals surface area contributed by atoms with Gasteiger partial charge in [0.25, 0.3) is 5.91 Å². The molecule has 1 amide bonds. The Morgan fingerprint density at radius 1 is 1.03 bits per heavy atom. The molecule has 0 atom stereocenters. The maximum atomic E-state index is 13.1. The summed E-state index contributed by atoms with van der Waals surface area (Å²) < 4.78 is 33.6. The molecule has 1 aromatic carbocycles. The predicted octanol–water partition coefficient (Wildman–Crippen LogP) is 3.31. The minimum Gasteiger partial charge on any atom is -0.373 e.